The van der Waals surface area contributed by atoms with E-state index < -0.39 is 10.0 Å². The standard InChI is InChI=1S/C15H24N2O2S2/c1-11-5-6-17(12(2)7-11)21(18,19)15-8-13(10-20-15)9-16-14-3-4-14/h8,10-12,14,16H,3-7,9H2,1-2H3. The van der Waals surface area contributed by atoms with Crippen molar-refractivity contribution in [3.63, 3.8) is 0 Å². The Hall–Kier alpha value is -0.430. The molecular formula is C15H24N2O2S2. The molecule has 2 atom stereocenters. The molecule has 1 aliphatic heterocycles. The summed E-state index contributed by atoms with van der Waals surface area (Å²) < 4.78 is 27.8. The first kappa shape index (κ1) is 15.5. The first-order valence-electron chi connectivity index (χ1n) is 7.79. The van der Waals surface area contributed by atoms with Crippen LogP contribution in [0.3, 0.4) is 0 Å². The summed E-state index contributed by atoms with van der Waals surface area (Å²) >= 11 is 1.36. The number of thiophene rings is 1. The number of nitrogens with zero attached hydrogens (tertiary/aromatic N) is 1. The summed E-state index contributed by atoms with van der Waals surface area (Å²) in [6.07, 6.45) is 4.42. The number of sulfonamides is 1. The normalized spacial score (nSPS) is 27.9. The molecule has 1 N–H and O–H groups in total. The van der Waals surface area contributed by atoms with Gasteiger partial charge < -0.3 is 5.32 Å². The summed E-state index contributed by atoms with van der Waals surface area (Å²) in [7, 11) is -3.31. The molecule has 2 unspecified atom stereocenters. The highest BCUT2D eigenvalue weighted by Gasteiger charge is 2.34. The maximum atomic E-state index is 12.8. The third-order valence-corrected chi connectivity index (χ3v) is 7.92. The van der Waals surface area contributed by atoms with Gasteiger partial charge in [-0.15, -0.1) is 11.3 Å². The minimum Gasteiger partial charge on any atom is -0.310 e. The lowest BCUT2D eigenvalue weighted by Gasteiger charge is -2.35. The van der Waals surface area contributed by atoms with Gasteiger partial charge in [-0.3, -0.25) is 0 Å². The lowest BCUT2D eigenvalue weighted by atomic mass is 9.95. The highest BCUT2D eigenvalue weighted by atomic mass is 32.2. The van der Waals surface area contributed by atoms with E-state index in [2.05, 4.69) is 12.2 Å². The zero-order chi connectivity index (χ0) is 15.0. The summed E-state index contributed by atoms with van der Waals surface area (Å²) in [6, 6.07) is 2.60. The van der Waals surface area contributed by atoms with Crippen LogP contribution in [0, 0.1) is 5.92 Å². The van der Waals surface area contributed by atoms with Gasteiger partial charge in [0.15, 0.2) is 0 Å². The minimum atomic E-state index is -3.31. The molecule has 2 heterocycles. The Morgan fingerprint density at radius 3 is 2.76 bits per heavy atom. The second kappa shape index (κ2) is 5.99. The number of hydrogen-bond donors (Lipinski definition) is 1. The quantitative estimate of drug-likeness (QED) is 0.904. The fourth-order valence-corrected chi connectivity index (χ4v) is 5.98. The SMILES string of the molecule is CC1CCN(S(=O)(=O)c2cc(CNC3CC3)cs2)C(C)C1. The van der Waals surface area contributed by atoms with Crippen molar-refractivity contribution >= 4 is 21.4 Å². The topological polar surface area (TPSA) is 49.4 Å². The van der Waals surface area contributed by atoms with Crippen molar-refractivity contribution in [1.29, 1.82) is 0 Å². The third kappa shape index (κ3) is 3.50. The lowest BCUT2D eigenvalue weighted by Crippen LogP contribution is -2.43. The predicted octanol–water partition coefficient (Wildman–Crippen LogP) is 2.81. The van der Waals surface area contributed by atoms with Crippen LogP contribution in [0.2, 0.25) is 0 Å². The first-order chi connectivity index (χ1) is 9.96. The Labute approximate surface area is 131 Å². The summed E-state index contributed by atoms with van der Waals surface area (Å²) in [6.45, 7) is 5.66. The molecule has 2 aliphatic rings. The van der Waals surface area contributed by atoms with Crippen LogP contribution >= 0.6 is 11.3 Å². The van der Waals surface area contributed by atoms with Crippen molar-refractivity contribution in [1.82, 2.24) is 9.62 Å². The van der Waals surface area contributed by atoms with Gasteiger partial charge in [-0.2, -0.15) is 4.31 Å². The molecule has 0 bridgehead atoms. The number of nitrogens with one attached hydrogen (secondary N) is 1. The van der Waals surface area contributed by atoms with Gasteiger partial charge in [-0.05, 0) is 55.5 Å². The van der Waals surface area contributed by atoms with E-state index in [1.165, 1.54) is 24.2 Å². The average Bonchev–Trinajstić information content (AvgIpc) is 3.12. The van der Waals surface area contributed by atoms with Crippen LogP contribution in [0.5, 0.6) is 0 Å². The minimum absolute atomic E-state index is 0.105. The molecular weight excluding hydrogens is 304 g/mol. The van der Waals surface area contributed by atoms with Crippen LogP contribution in [0.4, 0.5) is 0 Å². The molecule has 1 aromatic rings. The first-order valence-corrected chi connectivity index (χ1v) is 10.1. The van der Waals surface area contributed by atoms with Crippen molar-refractivity contribution in [2.45, 2.75) is 62.4 Å². The highest BCUT2D eigenvalue weighted by Crippen LogP contribution is 2.31. The average molecular weight is 329 g/mol. The van der Waals surface area contributed by atoms with Gasteiger partial charge >= 0.3 is 0 Å². The molecule has 118 valence electrons. The number of rotatable bonds is 5. The second-order valence-corrected chi connectivity index (χ2v) is 9.55. The van der Waals surface area contributed by atoms with E-state index in [0.717, 1.165) is 24.9 Å². The number of piperidine rings is 1. The van der Waals surface area contributed by atoms with E-state index in [-0.39, 0.29) is 6.04 Å². The van der Waals surface area contributed by atoms with E-state index in [1.807, 2.05) is 18.4 Å². The summed E-state index contributed by atoms with van der Waals surface area (Å²) in [5.74, 6) is 0.619. The van der Waals surface area contributed by atoms with E-state index in [1.54, 1.807) is 4.31 Å². The van der Waals surface area contributed by atoms with Crippen LogP contribution in [0.1, 0.15) is 45.1 Å². The van der Waals surface area contributed by atoms with E-state index in [4.69, 9.17) is 0 Å². The molecule has 2 fully saturated rings. The van der Waals surface area contributed by atoms with Gasteiger partial charge in [0.05, 0.1) is 0 Å². The summed E-state index contributed by atoms with van der Waals surface area (Å²) in [5, 5.41) is 5.40. The van der Waals surface area contributed by atoms with Crippen LogP contribution in [0.25, 0.3) is 0 Å². The van der Waals surface area contributed by atoms with Crippen molar-refractivity contribution in [3.05, 3.63) is 17.0 Å². The Balaban J connectivity index is 1.71. The summed E-state index contributed by atoms with van der Waals surface area (Å²) in [5.41, 5.74) is 1.09. The van der Waals surface area contributed by atoms with Crippen molar-refractivity contribution < 1.29 is 8.42 Å². The zero-order valence-electron chi connectivity index (χ0n) is 12.7. The van der Waals surface area contributed by atoms with Crippen molar-refractivity contribution in [2.75, 3.05) is 6.54 Å². The Morgan fingerprint density at radius 2 is 2.10 bits per heavy atom. The van der Waals surface area contributed by atoms with Crippen LogP contribution in [-0.4, -0.2) is 31.4 Å². The maximum absolute atomic E-state index is 12.8. The van der Waals surface area contributed by atoms with Gasteiger partial charge in [0, 0.05) is 25.2 Å². The Kier molecular flexibility index (Phi) is 4.41. The largest absolute Gasteiger partial charge is 0.310 e. The fraction of sp³-hybridized carbons (Fsp3) is 0.733. The monoisotopic (exact) mass is 328 g/mol. The fourth-order valence-electron chi connectivity index (χ4n) is 2.99. The molecule has 0 spiro atoms. The van der Waals surface area contributed by atoms with E-state index in [9.17, 15) is 8.42 Å². The Bertz CT molecular complexity index is 593. The van der Waals surface area contributed by atoms with Crippen molar-refractivity contribution in [2.24, 2.45) is 5.92 Å². The molecule has 1 saturated heterocycles. The zero-order valence-corrected chi connectivity index (χ0v) is 14.3. The van der Waals surface area contributed by atoms with Gasteiger partial charge in [0.25, 0.3) is 10.0 Å². The molecule has 0 amide bonds. The van der Waals surface area contributed by atoms with Crippen LogP contribution < -0.4 is 5.32 Å². The molecule has 21 heavy (non-hydrogen) atoms. The maximum Gasteiger partial charge on any atom is 0.252 e. The molecule has 1 saturated carbocycles. The molecule has 4 nitrogen and oxygen atoms in total. The van der Waals surface area contributed by atoms with Crippen molar-refractivity contribution in [3.8, 4) is 0 Å². The van der Waals surface area contributed by atoms with Crippen LogP contribution in [-0.2, 0) is 16.6 Å². The lowest BCUT2D eigenvalue weighted by molar-refractivity contribution is 0.220. The number of hydrogen-bond acceptors (Lipinski definition) is 4. The Morgan fingerprint density at radius 1 is 1.33 bits per heavy atom. The van der Waals surface area contributed by atoms with Gasteiger partial charge in [0.1, 0.15) is 4.21 Å². The molecule has 0 aromatic carbocycles. The smallest absolute Gasteiger partial charge is 0.252 e. The van der Waals surface area contributed by atoms with Crippen LogP contribution in [0.15, 0.2) is 15.7 Å². The van der Waals surface area contributed by atoms with E-state index in [0.29, 0.717) is 22.7 Å². The van der Waals surface area contributed by atoms with Gasteiger partial charge in [-0.1, -0.05) is 6.92 Å². The third-order valence-electron chi connectivity index (χ3n) is 4.44. The highest BCUT2D eigenvalue weighted by molar-refractivity contribution is 7.91. The van der Waals surface area contributed by atoms with Gasteiger partial charge in [0.2, 0.25) is 0 Å². The van der Waals surface area contributed by atoms with Gasteiger partial charge in [-0.25, -0.2) is 8.42 Å². The molecule has 1 aromatic heterocycles. The molecule has 1 aliphatic carbocycles. The molecule has 6 heteroatoms. The van der Waals surface area contributed by atoms with E-state index >= 15 is 0 Å². The molecule has 0 radical (unpaired) electrons. The molecule has 3 rings (SSSR count). The summed E-state index contributed by atoms with van der Waals surface area (Å²) in [4.78, 5) is 0. The predicted molar refractivity (Wildman–Crippen MR) is 85.9 cm³/mol. The second-order valence-electron chi connectivity index (χ2n) is 6.52.